The zero-order chi connectivity index (χ0) is 42.3. The molecule has 4 nitrogen and oxygen atoms in total. The van der Waals surface area contributed by atoms with Crippen molar-refractivity contribution >= 4 is 50.6 Å². The largest absolute Gasteiger partial charge is 0 e. The van der Waals surface area contributed by atoms with Gasteiger partial charge in [-0.3, -0.25) is 4.98 Å². The normalized spacial score (nSPS) is 12.6. The molecule has 0 aliphatic carbocycles. The molecule has 3 aromatic heterocycles. The predicted molar refractivity (Wildman–Crippen MR) is 242 cm³/mol. The van der Waals surface area contributed by atoms with Gasteiger partial charge >= 0.3 is 99.8 Å². The fraction of sp³-hybridized carbons (Fsp3) is 0.192. The van der Waals surface area contributed by atoms with Gasteiger partial charge in [0.05, 0.1) is 22.4 Å². The zero-order valence-corrected chi connectivity index (χ0v) is 38.5. The van der Waals surface area contributed by atoms with Crippen molar-refractivity contribution in [3.05, 3.63) is 168 Å². The predicted octanol–water partition coefficient (Wildman–Crippen LogP) is 13.7. The Labute approximate surface area is 363 Å². The second-order valence-corrected chi connectivity index (χ2v) is 27.0. The van der Waals surface area contributed by atoms with Crippen molar-refractivity contribution in [2.24, 2.45) is 0 Å². The number of para-hydroxylation sites is 2. The Morgan fingerprint density at radius 2 is 1.41 bits per heavy atom. The van der Waals surface area contributed by atoms with Crippen LogP contribution in [0.25, 0.3) is 72.4 Å². The average molecular weight is 1000 g/mol. The molecule has 0 amide bonds. The molecule has 0 aliphatic heterocycles. The number of nitrogens with zero attached hydrogens (tertiary/aromatic N) is 3. The number of aromatic nitrogens is 3. The van der Waals surface area contributed by atoms with Gasteiger partial charge in [-0.15, -0.1) is 23.8 Å². The van der Waals surface area contributed by atoms with E-state index in [2.05, 4.69) is 146 Å². The molecule has 0 bridgehead atoms. The molecule has 293 valence electrons. The summed E-state index contributed by atoms with van der Waals surface area (Å²) in [6.07, 6.45) is 2.04. The first kappa shape index (κ1) is 37.2. The van der Waals surface area contributed by atoms with Crippen LogP contribution < -0.4 is 4.40 Å². The van der Waals surface area contributed by atoms with E-state index in [1.807, 2.05) is 48.7 Å². The summed E-state index contributed by atoms with van der Waals surface area (Å²) in [5, 5.41) is 1.76. The van der Waals surface area contributed by atoms with Crippen LogP contribution in [0, 0.1) is 19.0 Å². The van der Waals surface area contributed by atoms with Gasteiger partial charge in [0.25, 0.3) is 0 Å². The molecule has 0 fully saturated rings. The fourth-order valence-electron chi connectivity index (χ4n) is 7.45. The Morgan fingerprint density at radius 3 is 2.07 bits per heavy atom. The van der Waals surface area contributed by atoms with Crippen LogP contribution in [0.3, 0.4) is 0 Å². The van der Waals surface area contributed by atoms with Crippen molar-refractivity contribution < 1.29 is 28.6 Å². The number of rotatable bonds is 7. The van der Waals surface area contributed by atoms with Crippen LogP contribution >= 0.6 is 0 Å². The van der Waals surface area contributed by atoms with Gasteiger partial charge in [-0.25, -0.2) is 0 Å². The van der Waals surface area contributed by atoms with Gasteiger partial charge in [-0.05, 0) is 76.8 Å². The number of hydrogen-bond donors (Lipinski definition) is 0. The van der Waals surface area contributed by atoms with Crippen LogP contribution in [0.1, 0.15) is 60.3 Å². The third-order valence-corrected chi connectivity index (χ3v) is 14.8. The third kappa shape index (κ3) is 8.27. The molecule has 6 heteroatoms. The molecule has 0 unspecified atom stereocenters. The molecular weight excluding hydrogens is 947 g/mol. The van der Waals surface area contributed by atoms with E-state index in [1.165, 1.54) is 26.6 Å². The van der Waals surface area contributed by atoms with Crippen molar-refractivity contribution in [2.45, 2.75) is 63.7 Å². The average Bonchev–Trinajstić information content (AvgIpc) is 3.81. The van der Waals surface area contributed by atoms with Crippen molar-refractivity contribution in [2.75, 3.05) is 0 Å². The third-order valence-electron chi connectivity index (χ3n) is 10.6. The maximum Gasteiger partial charge on any atom is 0 e. The summed E-state index contributed by atoms with van der Waals surface area (Å²) in [7, 11) is 0. The van der Waals surface area contributed by atoms with Crippen LogP contribution in [0.4, 0.5) is 0 Å². The maximum atomic E-state index is 7.82. The molecule has 9 aromatic rings. The first-order chi connectivity index (χ1) is 28.7. The molecule has 0 atom stereocenters. The quantitative estimate of drug-likeness (QED) is 0.118. The minimum atomic E-state index is -2.20. The number of fused-ring (bicyclic) bond motifs is 4. The summed E-state index contributed by atoms with van der Waals surface area (Å²) in [6, 6.07) is 51.5. The number of benzene rings is 6. The van der Waals surface area contributed by atoms with Gasteiger partial charge in [-0.2, -0.15) is 0 Å². The number of furan rings is 1. The summed E-state index contributed by atoms with van der Waals surface area (Å²) in [5.41, 5.74) is 12.4. The van der Waals surface area contributed by atoms with Gasteiger partial charge < -0.3 is 8.98 Å². The Hall–Kier alpha value is -5.07. The molecular formula is C52H49GeIrN3O-2. The molecule has 0 saturated carbocycles. The smallest absolute Gasteiger partial charge is 0 e. The Balaban J connectivity index is 0.000000278. The number of hydrogen-bond acceptors (Lipinski definition) is 3. The monoisotopic (exact) mass is 1000 g/mol. The van der Waals surface area contributed by atoms with E-state index in [9.17, 15) is 0 Å². The first-order valence-corrected chi connectivity index (χ1v) is 27.1. The number of pyridine rings is 1. The Bertz CT molecular complexity index is 2920. The fourth-order valence-corrected chi connectivity index (χ4v) is 9.62. The summed E-state index contributed by atoms with van der Waals surface area (Å²) in [5.74, 6) is 8.47. The first-order valence-electron chi connectivity index (χ1n) is 21.2. The summed E-state index contributed by atoms with van der Waals surface area (Å²) < 4.78 is 33.3. The van der Waals surface area contributed by atoms with Gasteiger partial charge in [-0.1, -0.05) is 87.7 Å². The van der Waals surface area contributed by atoms with Gasteiger partial charge in [0.15, 0.2) is 0 Å². The summed E-state index contributed by atoms with van der Waals surface area (Å²) in [6.45, 7) is 6.80. The van der Waals surface area contributed by atoms with E-state index in [4.69, 9.17) is 13.5 Å². The second-order valence-electron chi connectivity index (χ2n) is 16.3. The molecule has 6 aromatic carbocycles. The van der Waals surface area contributed by atoms with Crippen molar-refractivity contribution in [3.8, 4) is 39.5 Å². The Morgan fingerprint density at radius 1 is 0.690 bits per heavy atom. The summed E-state index contributed by atoms with van der Waals surface area (Å²) in [4.78, 5) is 9.72. The molecule has 0 saturated heterocycles. The number of imidazole rings is 1. The molecule has 0 spiro atoms. The van der Waals surface area contributed by atoms with Crippen molar-refractivity contribution in [1.82, 2.24) is 14.5 Å². The van der Waals surface area contributed by atoms with Crippen LogP contribution in [-0.2, 0) is 20.1 Å². The van der Waals surface area contributed by atoms with Gasteiger partial charge in [0.2, 0.25) is 0 Å². The van der Waals surface area contributed by atoms with Crippen LogP contribution in [0.2, 0.25) is 17.3 Å². The maximum absolute atomic E-state index is 7.82. The van der Waals surface area contributed by atoms with E-state index in [1.54, 1.807) is 12.1 Å². The van der Waals surface area contributed by atoms with Crippen LogP contribution in [0.5, 0.6) is 0 Å². The standard InChI is InChI=1S/C38H33N2O.C14H16GeN.Ir/c1-23(2)30-21-28(26-11-7-6-8-12-26)22-31(24(3)4)37(30)40-34-14-10-9-13-33(34)39-38(40)27-16-18-35-32(20-27)29-17-15-25(5)19-36(29)41-35;1-15(2,3)13-9-10-14(16-11-13)12-7-5-4-6-8-12;/h6-15,17-24H,1-5H3;4-7,9-11H,1-3H3;/q2*-1;/i5D3;;. The van der Waals surface area contributed by atoms with E-state index in [0.29, 0.717) is 11.2 Å². The van der Waals surface area contributed by atoms with E-state index < -0.39 is 20.1 Å². The van der Waals surface area contributed by atoms with Gasteiger partial charge in [0, 0.05) is 35.3 Å². The minimum Gasteiger partial charge on any atom is 0 e. The zero-order valence-electron chi connectivity index (χ0n) is 37.0. The van der Waals surface area contributed by atoms with Crippen molar-refractivity contribution in [1.29, 1.82) is 0 Å². The number of aryl methyl sites for hydroxylation is 1. The van der Waals surface area contributed by atoms with E-state index >= 15 is 0 Å². The SMILES string of the molecule is [2H]C([2H])([2H])c1ccc2c(c1)oc1c[c-]c(-c3nc4ccccc4n3-c3c(C(C)C)cc(-c4ccccc4)cc3C(C)C)cc12.[CH3][Ge]([CH3])([CH3])[c]1ccc(-c2[c-]cccc2)nc1.[Ir]. The van der Waals surface area contributed by atoms with E-state index in [-0.39, 0.29) is 37.5 Å². The Kier molecular flexibility index (Phi) is 10.9. The van der Waals surface area contributed by atoms with Crippen LogP contribution in [0.15, 0.2) is 144 Å². The molecule has 0 N–H and O–H groups in total. The van der Waals surface area contributed by atoms with E-state index in [0.717, 1.165) is 50.1 Å². The minimum absolute atomic E-state index is 0. The molecule has 0 aliphatic rings. The van der Waals surface area contributed by atoms with Crippen LogP contribution in [-0.4, -0.2) is 27.8 Å². The molecule has 1 radical (unpaired) electrons. The summed E-state index contributed by atoms with van der Waals surface area (Å²) >= 11 is -1.72. The molecule has 9 rings (SSSR count). The molecule has 58 heavy (non-hydrogen) atoms. The second kappa shape index (κ2) is 17.0. The van der Waals surface area contributed by atoms with Gasteiger partial charge in [0.1, 0.15) is 5.58 Å². The topological polar surface area (TPSA) is 43.9 Å². The van der Waals surface area contributed by atoms with Crippen molar-refractivity contribution in [3.63, 3.8) is 0 Å². The molecule has 3 heterocycles.